The maximum Gasteiger partial charge on any atom is 1.00 e. The minimum absolute atomic E-state index is 0. The van der Waals surface area contributed by atoms with Crippen molar-refractivity contribution >= 4 is 10.4 Å². The molecule has 42 heavy (non-hydrogen) atoms. The zero-order valence-corrected chi connectivity index (χ0v) is 30.2. The molecule has 0 aromatic heterocycles. The van der Waals surface area contributed by atoms with E-state index in [9.17, 15) is 13.0 Å². The van der Waals surface area contributed by atoms with Gasteiger partial charge in [-0.2, -0.15) is 0 Å². The maximum absolute atomic E-state index is 10.4. The van der Waals surface area contributed by atoms with E-state index in [1.165, 1.54) is 57.8 Å². The van der Waals surface area contributed by atoms with Crippen molar-refractivity contribution in [2.24, 2.45) is 46.3 Å². The summed E-state index contributed by atoms with van der Waals surface area (Å²) in [5, 5.41) is 0. The Bertz CT molecular complexity index is 971. The second-order valence-corrected chi connectivity index (χ2v) is 15.5. The second-order valence-electron chi connectivity index (χ2n) is 14.5. The molecule has 0 aliphatic heterocycles. The van der Waals surface area contributed by atoms with E-state index in [1.807, 2.05) is 0 Å². The number of fused-ring (bicyclic) bond motifs is 5. The molecule has 0 aromatic carbocycles. The Morgan fingerprint density at radius 3 is 2.29 bits per heavy atom. The summed E-state index contributed by atoms with van der Waals surface area (Å²) in [6.45, 7) is 14.1. The Hall–Kier alpha value is 0.490. The quantitative estimate of drug-likeness (QED) is 0.0849. The van der Waals surface area contributed by atoms with Gasteiger partial charge in [-0.05, 0) is 97.7 Å². The predicted molar refractivity (Wildman–Crippen MR) is 160 cm³/mol. The largest absolute Gasteiger partial charge is 1.00 e. The van der Waals surface area contributed by atoms with Crippen LogP contribution < -0.4 is 29.6 Å². The molecule has 0 aromatic rings. The molecule has 0 N–H and O–H groups in total. The monoisotopic (exact) mass is 620 g/mol. The molecule has 0 spiro atoms. The van der Waals surface area contributed by atoms with Gasteiger partial charge in [0.15, 0.2) is 0 Å². The molecule has 0 bridgehead atoms. The fourth-order valence-electron chi connectivity index (χ4n) is 9.58. The predicted octanol–water partition coefficient (Wildman–Crippen LogP) is 3.93. The summed E-state index contributed by atoms with van der Waals surface area (Å²) >= 11 is 0. The van der Waals surface area contributed by atoms with Crippen LogP contribution in [-0.4, -0.2) is 58.7 Å². The van der Waals surface area contributed by atoms with Crippen LogP contribution >= 0.6 is 0 Å². The van der Waals surface area contributed by atoms with Crippen molar-refractivity contribution in [1.29, 1.82) is 0 Å². The third-order valence-electron chi connectivity index (χ3n) is 11.7. The summed E-state index contributed by atoms with van der Waals surface area (Å²) in [4.78, 5) is 0. The second kappa shape index (κ2) is 16.4. The summed E-state index contributed by atoms with van der Waals surface area (Å²) in [7, 11) is -4.65. The van der Waals surface area contributed by atoms with Gasteiger partial charge < -0.3 is 18.8 Å². The summed E-state index contributed by atoms with van der Waals surface area (Å²) in [5.74, 6) is 5.19. The zero-order chi connectivity index (χ0) is 29.7. The average molecular weight is 621 g/mol. The van der Waals surface area contributed by atoms with Crippen LogP contribution in [-0.2, 0) is 28.8 Å². The molecular formula is C33H57NaO7S. The first-order valence-electron chi connectivity index (χ1n) is 16.5. The van der Waals surface area contributed by atoms with E-state index >= 15 is 0 Å². The molecule has 0 unspecified atom stereocenters. The van der Waals surface area contributed by atoms with Crippen molar-refractivity contribution in [2.45, 2.75) is 111 Å². The van der Waals surface area contributed by atoms with Gasteiger partial charge in [0, 0.05) is 0 Å². The molecule has 3 fully saturated rings. The van der Waals surface area contributed by atoms with Gasteiger partial charge >= 0.3 is 29.6 Å². The summed E-state index contributed by atoms with van der Waals surface area (Å²) in [5.41, 5.74) is 2.54. The van der Waals surface area contributed by atoms with Crippen molar-refractivity contribution in [3.63, 3.8) is 0 Å². The van der Waals surface area contributed by atoms with Gasteiger partial charge in [0.2, 0.25) is 10.4 Å². The molecule has 0 amide bonds. The molecule has 0 heterocycles. The molecule has 0 saturated heterocycles. The van der Waals surface area contributed by atoms with Crippen LogP contribution in [0.4, 0.5) is 0 Å². The van der Waals surface area contributed by atoms with Gasteiger partial charge in [0.1, 0.15) is 0 Å². The van der Waals surface area contributed by atoms with Crippen LogP contribution in [0.15, 0.2) is 11.6 Å². The van der Waals surface area contributed by atoms with Gasteiger partial charge in [0.25, 0.3) is 0 Å². The van der Waals surface area contributed by atoms with Crippen molar-refractivity contribution in [3.05, 3.63) is 11.6 Å². The number of ether oxygens (including phenoxy) is 3. The molecule has 4 rings (SSSR count). The first-order valence-corrected chi connectivity index (χ1v) is 17.8. The van der Waals surface area contributed by atoms with Crippen LogP contribution in [0.2, 0.25) is 0 Å². The zero-order valence-electron chi connectivity index (χ0n) is 27.4. The minimum Gasteiger partial charge on any atom is -0.726 e. The van der Waals surface area contributed by atoms with Crippen LogP contribution in [0.25, 0.3) is 0 Å². The third-order valence-corrected chi connectivity index (χ3v) is 12.1. The van der Waals surface area contributed by atoms with E-state index in [1.54, 1.807) is 5.57 Å². The molecule has 0 radical (unpaired) electrons. The third kappa shape index (κ3) is 9.28. The van der Waals surface area contributed by atoms with Crippen LogP contribution in [0.3, 0.4) is 0 Å². The molecule has 238 valence electrons. The van der Waals surface area contributed by atoms with E-state index in [4.69, 9.17) is 14.2 Å². The van der Waals surface area contributed by atoms with Crippen molar-refractivity contribution in [3.8, 4) is 0 Å². The van der Waals surface area contributed by atoms with Crippen LogP contribution in [0.5, 0.6) is 0 Å². The first kappa shape index (κ1) is 37.0. The van der Waals surface area contributed by atoms with E-state index in [-0.39, 0.29) is 48.9 Å². The molecule has 8 atom stereocenters. The van der Waals surface area contributed by atoms with Crippen LogP contribution in [0, 0.1) is 46.3 Å². The first-order chi connectivity index (χ1) is 19.4. The Balaban J connectivity index is 0.00000484. The Labute approximate surface area is 278 Å². The molecular weight excluding hydrogens is 563 g/mol. The SMILES string of the molecule is CC(C)CCC[C@@H](C)[C@H]1CC[C@H]2[C@@H]3CC=C4C[C@@H](OCCOCCOCCOS(=O)(=O)[O-])CC[C@]4(C)[C@H]3CC[C@]12C.[Na+]. The van der Waals surface area contributed by atoms with Gasteiger partial charge in [-0.3, -0.25) is 4.18 Å². The van der Waals surface area contributed by atoms with Gasteiger partial charge in [0.05, 0.1) is 45.7 Å². The van der Waals surface area contributed by atoms with E-state index in [0.717, 1.165) is 48.3 Å². The standard InChI is InChI=1S/C33H58O7S.Na/c1-24(2)7-6-8-25(3)29-11-12-30-28-10-9-26-23-27(13-15-32(26,4)31(28)14-16-33(29,30)5)39-21-19-37-17-18-38-20-22-40-41(34,35)36;/h9,24-25,27-31H,6-8,10-23H2,1-5H3,(H,34,35,36);/q;+1/p-1/t25-,27+,28+,29-,30+,31+,32+,33-;/m1./s1. The van der Waals surface area contributed by atoms with Crippen LogP contribution in [0.1, 0.15) is 105 Å². The van der Waals surface area contributed by atoms with Crippen molar-refractivity contribution in [1.82, 2.24) is 0 Å². The smallest absolute Gasteiger partial charge is 0.726 e. The Morgan fingerprint density at radius 2 is 1.60 bits per heavy atom. The molecule has 4 aliphatic carbocycles. The van der Waals surface area contributed by atoms with E-state index in [0.29, 0.717) is 37.3 Å². The number of hydrogen-bond donors (Lipinski definition) is 0. The number of hydrogen-bond acceptors (Lipinski definition) is 7. The number of rotatable bonds is 16. The molecule has 3 saturated carbocycles. The summed E-state index contributed by atoms with van der Waals surface area (Å²) in [6.07, 6.45) is 17.5. The fraction of sp³-hybridized carbons (Fsp3) is 0.939. The average Bonchev–Trinajstić information content (AvgIpc) is 3.26. The van der Waals surface area contributed by atoms with Gasteiger partial charge in [-0.1, -0.05) is 65.5 Å². The number of allylic oxidation sites excluding steroid dienone is 1. The van der Waals surface area contributed by atoms with Crippen molar-refractivity contribution < 1.29 is 60.9 Å². The summed E-state index contributed by atoms with van der Waals surface area (Å²) < 4.78 is 52.3. The molecule has 7 nitrogen and oxygen atoms in total. The Morgan fingerprint density at radius 1 is 0.905 bits per heavy atom. The van der Waals surface area contributed by atoms with Gasteiger partial charge in [-0.25, -0.2) is 8.42 Å². The maximum atomic E-state index is 10.4. The minimum atomic E-state index is -4.65. The fourth-order valence-corrected chi connectivity index (χ4v) is 9.86. The van der Waals surface area contributed by atoms with E-state index < -0.39 is 10.4 Å². The normalized spacial score (nSPS) is 35.1. The molecule has 4 aliphatic rings. The molecule has 9 heteroatoms. The van der Waals surface area contributed by atoms with E-state index in [2.05, 4.69) is 44.9 Å². The van der Waals surface area contributed by atoms with Gasteiger partial charge in [-0.15, -0.1) is 0 Å². The Kier molecular flexibility index (Phi) is 14.4. The summed E-state index contributed by atoms with van der Waals surface area (Å²) in [6, 6.07) is 0. The van der Waals surface area contributed by atoms with Crippen molar-refractivity contribution in [2.75, 3.05) is 39.6 Å². The topological polar surface area (TPSA) is 94.1 Å².